The van der Waals surface area contributed by atoms with Crippen molar-refractivity contribution in [3.8, 4) is 5.75 Å². The second-order valence-electron chi connectivity index (χ2n) is 4.24. The van der Waals surface area contributed by atoms with Crippen LogP contribution in [0, 0.1) is 5.41 Å². The molecule has 0 saturated carbocycles. The van der Waals surface area contributed by atoms with Gasteiger partial charge in [-0.05, 0) is 26.0 Å². The van der Waals surface area contributed by atoms with E-state index in [2.05, 4.69) is 0 Å². The number of rotatable bonds is 5. The lowest BCUT2D eigenvalue weighted by molar-refractivity contribution is 0.140. The SMILES string of the molecule is CC(C)N(CCC(=N)N)C(=O)Oc1ccccc1. The van der Waals surface area contributed by atoms with Gasteiger partial charge in [0.1, 0.15) is 5.75 Å². The van der Waals surface area contributed by atoms with Gasteiger partial charge >= 0.3 is 6.09 Å². The fourth-order valence-electron chi connectivity index (χ4n) is 1.45. The minimum absolute atomic E-state index is 0.000521. The highest BCUT2D eigenvalue weighted by Gasteiger charge is 2.18. The molecular weight excluding hydrogens is 230 g/mol. The van der Waals surface area contributed by atoms with Crippen LogP contribution in [0.1, 0.15) is 20.3 Å². The number of para-hydroxylation sites is 1. The molecule has 5 nitrogen and oxygen atoms in total. The Bertz CT molecular complexity index is 404. The first-order chi connectivity index (χ1) is 8.50. The van der Waals surface area contributed by atoms with Gasteiger partial charge < -0.3 is 15.4 Å². The number of amidine groups is 1. The maximum absolute atomic E-state index is 12.0. The van der Waals surface area contributed by atoms with Crippen LogP contribution in [0.25, 0.3) is 0 Å². The van der Waals surface area contributed by atoms with Crippen molar-refractivity contribution in [2.45, 2.75) is 26.3 Å². The first-order valence-electron chi connectivity index (χ1n) is 5.87. The molecule has 3 N–H and O–H groups in total. The molecule has 0 aliphatic carbocycles. The van der Waals surface area contributed by atoms with Crippen molar-refractivity contribution < 1.29 is 9.53 Å². The number of carbonyl (C=O) groups is 1. The lowest BCUT2D eigenvalue weighted by Crippen LogP contribution is -2.40. The standard InChI is InChI=1S/C13H19N3O2/c1-10(2)16(9-8-12(14)15)13(17)18-11-6-4-3-5-7-11/h3-7,10H,8-9H2,1-2H3,(H3,14,15). The second kappa shape index (κ2) is 6.64. The molecule has 98 valence electrons. The molecule has 5 heteroatoms. The van der Waals surface area contributed by atoms with Gasteiger partial charge in [-0.3, -0.25) is 5.41 Å². The van der Waals surface area contributed by atoms with Gasteiger partial charge in [0.05, 0.1) is 5.84 Å². The summed E-state index contributed by atoms with van der Waals surface area (Å²) in [6.45, 7) is 4.18. The molecule has 1 rings (SSSR count). The molecule has 0 fully saturated rings. The molecular formula is C13H19N3O2. The average Bonchev–Trinajstić information content (AvgIpc) is 2.29. The topological polar surface area (TPSA) is 79.4 Å². The van der Waals surface area contributed by atoms with E-state index >= 15 is 0 Å². The first kappa shape index (κ1) is 14.0. The highest BCUT2D eigenvalue weighted by Crippen LogP contribution is 2.11. The summed E-state index contributed by atoms with van der Waals surface area (Å²) in [6.07, 6.45) is -0.0698. The molecule has 0 unspecified atom stereocenters. The molecule has 0 aliphatic rings. The van der Waals surface area contributed by atoms with Crippen molar-refractivity contribution in [1.29, 1.82) is 5.41 Å². The third kappa shape index (κ3) is 4.45. The number of amides is 1. The monoisotopic (exact) mass is 249 g/mol. The summed E-state index contributed by atoms with van der Waals surface area (Å²) in [5.74, 6) is 0.573. The van der Waals surface area contributed by atoms with Crippen LogP contribution in [0.4, 0.5) is 4.79 Å². The summed E-state index contributed by atoms with van der Waals surface area (Å²) in [6, 6.07) is 8.91. The Morgan fingerprint density at radius 3 is 2.50 bits per heavy atom. The van der Waals surface area contributed by atoms with Crippen LogP contribution >= 0.6 is 0 Å². The quantitative estimate of drug-likeness (QED) is 0.620. The van der Waals surface area contributed by atoms with Gasteiger partial charge in [-0.1, -0.05) is 18.2 Å². The molecule has 0 aliphatic heterocycles. The number of hydrogen-bond donors (Lipinski definition) is 2. The highest BCUT2D eigenvalue weighted by molar-refractivity contribution is 5.78. The fourth-order valence-corrected chi connectivity index (χ4v) is 1.45. The van der Waals surface area contributed by atoms with E-state index in [9.17, 15) is 4.79 Å². The van der Waals surface area contributed by atoms with Crippen LogP contribution < -0.4 is 10.5 Å². The molecule has 0 heterocycles. The second-order valence-corrected chi connectivity index (χ2v) is 4.24. The Morgan fingerprint density at radius 1 is 1.39 bits per heavy atom. The van der Waals surface area contributed by atoms with Crippen LogP contribution in [0.2, 0.25) is 0 Å². The molecule has 1 aromatic carbocycles. The summed E-state index contributed by atoms with van der Waals surface area (Å²) >= 11 is 0. The Kier molecular flexibility index (Phi) is 5.17. The molecule has 0 spiro atoms. The van der Waals surface area contributed by atoms with E-state index in [1.54, 1.807) is 29.2 Å². The van der Waals surface area contributed by atoms with E-state index in [4.69, 9.17) is 15.9 Å². The predicted octanol–water partition coefficient (Wildman–Crippen LogP) is 2.22. The number of ether oxygens (including phenoxy) is 1. The summed E-state index contributed by atoms with van der Waals surface area (Å²) in [7, 11) is 0. The van der Waals surface area contributed by atoms with Crippen LogP contribution in [-0.2, 0) is 0 Å². The van der Waals surface area contributed by atoms with E-state index in [0.717, 1.165) is 0 Å². The van der Waals surface area contributed by atoms with Crippen molar-refractivity contribution in [2.75, 3.05) is 6.54 Å². The van der Waals surface area contributed by atoms with Crippen LogP contribution in [0.3, 0.4) is 0 Å². The maximum atomic E-state index is 12.0. The fraction of sp³-hybridized carbons (Fsp3) is 0.385. The smallest absolute Gasteiger partial charge is 0.410 e. The number of nitrogens with one attached hydrogen (secondary N) is 1. The van der Waals surface area contributed by atoms with E-state index in [1.807, 2.05) is 19.9 Å². The van der Waals surface area contributed by atoms with Gasteiger partial charge in [-0.15, -0.1) is 0 Å². The van der Waals surface area contributed by atoms with Crippen LogP contribution in [0.15, 0.2) is 30.3 Å². The largest absolute Gasteiger partial charge is 0.415 e. The van der Waals surface area contributed by atoms with E-state index in [1.165, 1.54) is 0 Å². The average molecular weight is 249 g/mol. The Balaban J connectivity index is 2.62. The highest BCUT2D eigenvalue weighted by atomic mass is 16.6. The number of carbonyl (C=O) groups excluding carboxylic acids is 1. The Morgan fingerprint density at radius 2 is 2.00 bits per heavy atom. The summed E-state index contributed by atoms with van der Waals surface area (Å²) < 4.78 is 5.25. The van der Waals surface area contributed by atoms with Crippen molar-refractivity contribution in [1.82, 2.24) is 4.90 Å². The van der Waals surface area contributed by atoms with Crippen LogP contribution in [0.5, 0.6) is 5.75 Å². The lowest BCUT2D eigenvalue weighted by Gasteiger charge is -2.25. The van der Waals surface area contributed by atoms with Gasteiger partial charge in [-0.2, -0.15) is 0 Å². The lowest BCUT2D eigenvalue weighted by atomic mass is 10.3. The molecule has 0 atom stereocenters. The Labute approximate surface area is 107 Å². The van der Waals surface area contributed by atoms with Crippen molar-refractivity contribution in [2.24, 2.45) is 5.73 Å². The number of nitrogens with two attached hydrogens (primary N) is 1. The van der Waals surface area contributed by atoms with E-state index in [0.29, 0.717) is 18.7 Å². The van der Waals surface area contributed by atoms with Gasteiger partial charge in [0.25, 0.3) is 0 Å². The number of nitrogens with zero attached hydrogens (tertiary/aromatic N) is 1. The van der Waals surface area contributed by atoms with Gasteiger partial charge in [0, 0.05) is 19.0 Å². The molecule has 0 bridgehead atoms. The zero-order valence-electron chi connectivity index (χ0n) is 10.7. The van der Waals surface area contributed by atoms with Crippen molar-refractivity contribution in [3.05, 3.63) is 30.3 Å². The van der Waals surface area contributed by atoms with E-state index in [-0.39, 0.29) is 11.9 Å². The zero-order chi connectivity index (χ0) is 13.5. The first-order valence-corrected chi connectivity index (χ1v) is 5.87. The third-order valence-electron chi connectivity index (χ3n) is 2.43. The number of benzene rings is 1. The van der Waals surface area contributed by atoms with Gasteiger partial charge in [0.2, 0.25) is 0 Å². The zero-order valence-corrected chi connectivity index (χ0v) is 10.7. The van der Waals surface area contributed by atoms with Gasteiger partial charge in [0.15, 0.2) is 0 Å². The minimum atomic E-state index is -0.419. The summed E-state index contributed by atoms with van der Waals surface area (Å²) in [5, 5.41) is 7.19. The maximum Gasteiger partial charge on any atom is 0.415 e. The van der Waals surface area contributed by atoms with Gasteiger partial charge in [-0.25, -0.2) is 4.79 Å². The van der Waals surface area contributed by atoms with Crippen molar-refractivity contribution >= 4 is 11.9 Å². The number of hydrogen-bond acceptors (Lipinski definition) is 3. The summed E-state index contributed by atoms with van der Waals surface area (Å²) in [4.78, 5) is 13.5. The Hall–Kier alpha value is -2.04. The molecule has 0 saturated heterocycles. The summed E-state index contributed by atoms with van der Waals surface area (Å²) in [5.41, 5.74) is 5.30. The van der Waals surface area contributed by atoms with Crippen molar-refractivity contribution in [3.63, 3.8) is 0 Å². The molecule has 0 radical (unpaired) electrons. The minimum Gasteiger partial charge on any atom is -0.410 e. The molecule has 0 aromatic heterocycles. The van der Waals surface area contributed by atoms with E-state index < -0.39 is 6.09 Å². The predicted molar refractivity (Wildman–Crippen MR) is 70.8 cm³/mol. The molecule has 18 heavy (non-hydrogen) atoms. The normalized spacial score (nSPS) is 10.2. The van der Waals surface area contributed by atoms with Crippen LogP contribution in [-0.4, -0.2) is 29.4 Å². The molecule has 1 aromatic rings. The third-order valence-corrected chi connectivity index (χ3v) is 2.43. The molecule has 1 amide bonds.